The van der Waals surface area contributed by atoms with Crippen LogP contribution in [0.5, 0.6) is 0 Å². The standard InChI is InChI=1S/C47H32O/c1-3-12-34-29-45-43(27-30(34)4-2)42-28-35(25-26-44(42)48-45)47-40-18-9-7-16-38(40)46(39-17-8-10-19-41(39)47)33-23-21-32(22-24-33)37-20-11-14-31-13-5-6-15-36(31)37/h3-29H,2H2,1H3/b12-3-. The van der Waals surface area contributed by atoms with Gasteiger partial charge in [0.2, 0.25) is 0 Å². The van der Waals surface area contributed by atoms with Gasteiger partial charge in [-0.1, -0.05) is 146 Å². The van der Waals surface area contributed by atoms with Gasteiger partial charge in [0.25, 0.3) is 0 Å². The molecule has 226 valence electrons. The zero-order valence-electron chi connectivity index (χ0n) is 26.7. The van der Waals surface area contributed by atoms with Crippen LogP contribution in [0.1, 0.15) is 18.1 Å². The molecule has 0 bridgehead atoms. The lowest BCUT2D eigenvalue weighted by Gasteiger charge is -2.18. The van der Waals surface area contributed by atoms with Crippen molar-refractivity contribution in [3.63, 3.8) is 0 Å². The van der Waals surface area contributed by atoms with Gasteiger partial charge in [-0.15, -0.1) is 0 Å². The van der Waals surface area contributed by atoms with Crippen molar-refractivity contribution in [2.24, 2.45) is 0 Å². The molecule has 0 saturated heterocycles. The highest BCUT2D eigenvalue weighted by molar-refractivity contribution is 6.22. The predicted octanol–water partition coefficient (Wildman–Crippen LogP) is 13.7. The van der Waals surface area contributed by atoms with Crippen LogP contribution in [-0.2, 0) is 0 Å². The Labute approximate surface area is 279 Å². The molecule has 9 rings (SSSR count). The predicted molar refractivity (Wildman–Crippen MR) is 207 cm³/mol. The molecule has 1 heterocycles. The minimum Gasteiger partial charge on any atom is -0.456 e. The van der Waals surface area contributed by atoms with Crippen molar-refractivity contribution in [2.75, 3.05) is 0 Å². The number of hydrogen-bond acceptors (Lipinski definition) is 1. The van der Waals surface area contributed by atoms with Crippen LogP contribution in [0.2, 0.25) is 0 Å². The normalized spacial score (nSPS) is 11.9. The van der Waals surface area contributed by atoms with Crippen LogP contribution in [-0.4, -0.2) is 0 Å². The molecule has 0 radical (unpaired) electrons. The Kier molecular flexibility index (Phi) is 6.59. The van der Waals surface area contributed by atoms with Crippen LogP contribution in [0.25, 0.3) is 99.8 Å². The smallest absolute Gasteiger partial charge is 0.136 e. The van der Waals surface area contributed by atoms with Gasteiger partial charge in [-0.05, 0) is 108 Å². The van der Waals surface area contributed by atoms with E-state index in [1.807, 2.05) is 19.1 Å². The number of fused-ring (bicyclic) bond motifs is 6. The molecule has 0 aliphatic carbocycles. The highest BCUT2D eigenvalue weighted by Crippen LogP contribution is 2.45. The van der Waals surface area contributed by atoms with Gasteiger partial charge in [0.05, 0.1) is 0 Å². The van der Waals surface area contributed by atoms with Crippen molar-refractivity contribution in [3.05, 3.63) is 169 Å². The Morgan fingerprint density at radius 2 is 1.02 bits per heavy atom. The van der Waals surface area contributed by atoms with Crippen LogP contribution in [0, 0.1) is 0 Å². The van der Waals surface area contributed by atoms with E-state index in [9.17, 15) is 0 Å². The maximum atomic E-state index is 6.38. The number of rotatable bonds is 5. The summed E-state index contributed by atoms with van der Waals surface area (Å²) in [5.41, 5.74) is 11.3. The average molecular weight is 613 g/mol. The molecule has 1 heteroatoms. The molecule has 1 nitrogen and oxygen atoms in total. The van der Waals surface area contributed by atoms with Crippen LogP contribution < -0.4 is 0 Å². The van der Waals surface area contributed by atoms with E-state index < -0.39 is 0 Å². The summed E-state index contributed by atoms with van der Waals surface area (Å²) in [6.07, 6.45) is 6.08. The van der Waals surface area contributed by atoms with Crippen LogP contribution in [0.3, 0.4) is 0 Å². The first-order chi connectivity index (χ1) is 23.7. The van der Waals surface area contributed by atoms with E-state index in [-0.39, 0.29) is 0 Å². The van der Waals surface area contributed by atoms with Gasteiger partial charge in [-0.25, -0.2) is 0 Å². The average Bonchev–Trinajstić information content (AvgIpc) is 3.50. The molecule has 0 atom stereocenters. The van der Waals surface area contributed by atoms with Gasteiger partial charge < -0.3 is 4.42 Å². The first kappa shape index (κ1) is 28.1. The van der Waals surface area contributed by atoms with Crippen LogP contribution in [0.4, 0.5) is 0 Å². The van der Waals surface area contributed by atoms with Crippen LogP contribution in [0.15, 0.2) is 163 Å². The molecule has 1 aromatic heterocycles. The zero-order valence-corrected chi connectivity index (χ0v) is 26.7. The lowest BCUT2D eigenvalue weighted by Crippen LogP contribution is -1.91. The fourth-order valence-electron chi connectivity index (χ4n) is 7.56. The first-order valence-corrected chi connectivity index (χ1v) is 16.5. The van der Waals surface area contributed by atoms with Crippen molar-refractivity contribution in [2.45, 2.75) is 6.92 Å². The largest absolute Gasteiger partial charge is 0.456 e. The molecule has 9 aromatic rings. The first-order valence-electron chi connectivity index (χ1n) is 16.5. The van der Waals surface area contributed by atoms with Crippen molar-refractivity contribution in [1.29, 1.82) is 0 Å². The lowest BCUT2D eigenvalue weighted by molar-refractivity contribution is 0.669. The molecular formula is C47H32O. The summed E-state index contributed by atoms with van der Waals surface area (Å²) in [4.78, 5) is 0. The third-order valence-electron chi connectivity index (χ3n) is 9.74. The highest BCUT2D eigenvalue weighted by Gasteiger charge is 2.18. The van der Waals surface area contributed by atoms with Gasteiger partial charge in [0, 0.05) is 10.8 Å². The minimum absolute atomic E-state index is 0.887. The fraction of sp³-hybridized carbons (Fsp3) is 0.0213. The number of hydrogen-bond donors (Lipinski definition) is 0. The Morgan fingerprint density at radius 1 is 0.458 bits per heavy atom. The summed E-state index contributed by atoms with van der Waals surface area (Å²) < 4.78 is 6.38. The van der Waals surface area contributed by atoms with E-state index >= 15 is 0 Å². The molecule has 0 saturated carbocycles. The molecule has 0 amide bonds. The van der Waals surface area contributed by atoms with Gasteiger partial charge in [0.15, 0.2) is 0 Å². The Hall–Kier alpha value is -6.18. The van der Waals surface area contributed by atoms with E-state index in [0.29, 0.717) is 0 Å². The molecule has 0 aliphatic rings. The molecule has 8 aromatic carbocycles. The maximum Gasteiger partial charge on any atom is 0.136 e. The summed E-state index contributed by atoms with van der Waals surface area (Å²) in [5, 5.41) is 9.70. The van der Waals surface area contributed by atoms with Crippen molar-refractivity contribution < 1.29 is 4.42 Å². The van der Waals surface area contributed by atoms with Crippen LogP contribution >= 0.6 is 0 Å². The van der Waals surface area contributed by atoms with Gasteiger partial charge in [-0.3, -0.25) is 0 Å². The van der Waals surface area contributed by atoms with Gasteiger partial charge >= 0.3 is 0 Å². The van der Waals surface area contributed by atoms with E-state index in [2.05, 4.69) is 158 Å². The summed E-state index contributed by atoms with van der Waals surface area (Å²) in [6.45, 7) is 6.11. The maximum absolute atomic E-state index is 6.38. The SMILES string of the molecule is C=Cc1cc2c(cc1/C=C\C)oc1ccc(-c3c4ccccc4c(-c4ccc(-c5cccc6ccccc56)cc4)c4ccccc34)cc12. The minimum atomic E-state index is 0.887. The topological polar surface area (TPSA) is 13.1 Å². The third kappa shape index (κ3) is 4.40. The Balaban J connectivity index is 1.25. The molecule has 0 aliphatic heterocycles. The number of furan rings is 1. The van der Waals surface area contributed by atoms with E-state index in [0.717, 1.165) is 33.1 Å². The summed E-state index contributed by atoms with van der Waals surface area (Å²) in [5.74, 6) is 0. The second-order valence-corrected chi connectivity index (χ2v) is 12.4. The Morgan fingerprint density at radius 3 is 1.69 bits per heavy atom. The van der Waals surface area contributed by atoms with E-state index in [4.69, 9.17) is 4.42 Å². The molecular weight excluding hydrogens is 581 g/mol. The van der Waals surface area contributed by atoms with E-state index in [1.54, 1.807) is 0 Å². The second kappa shape index (κ2) is 11.3. The lowest BCUT2D eigenvalue weighted by atomic mass is 9.85. The molecule has 0 fully saturated rings. The summed E-state index contributed by atoms with van der Waals surface area (Å²) in [6, 6.07) is 52.9. The quantitative estimate of drug-likeness (QED) is 0.176. The zero-order chi connectivity index (χ0) is 32.2. The molecule has 0 unspecified atom stereocenters. The highest BCUT2D eigenvalue weighted by atomic mass is 16.3. The third-order valence-corrected chi connectivity index (χ3v) is 9.74. The van der Waals surface area contributed by atoms with Crippen molar-refractivity contribution in [1.82, 2.24) is 0 Å². The molecule has 0 spiro atoms. The second-order valence-electron chi connectivity index (χ2n) is 12.4. The molecule has 48 heavy (non-hydrogen) atoms. The summed E-state index contributed by atoms with van der Waals surface area (Å²) in [7, 11) is 0. The monoisotopic (exact) mass is 612 g/mol. The van der Waals surface area contributed by atoms with Crippen molar-refractivity contribution in [3.8, 4) is 33.4 Å². The van der Waals surface area contributed by atoms with E-state index in [1.165, 1.54) is 65.7 Å². The molecule has 0 N–H and O–H groups in total. The van der Waals surface area contributed by atoms with Gasteiger partial charge in [-0.2, -0.15) is 0 Å². The summed E-state index contributed by atoms with van der Waals surface area (Å²) >= 11 is 0. The number of benzene rings is 8. The Bertz CT molecular complexity index is 2680. The van der Waals surface area contributed by atoms with Gasteiger partial charge in [0.1, 0.15) is 11.2 Å². The van der Waals surface area contributed by atoms with Crippen molar-refractivity contribution >= 4 is 66.4 Å². The number of allylic oxidation sites excluding steroid dienone is 1. The fourth-order valence-corrected chi connectivity index (χ4v) is 7.56.